The van der Waals surface area contributed by atoms with Crippen molar-refractivity contribution in [3.63, 3.8) is 0 Å². The molecular formula is C60H77N10O15PS2. The molecule has 7 heterocycles. The standard InChI is InChI=1S/C34H35N5O6.C26H42N5O9PS2/c1-21(40)27-28-33(2,45-32(42-4)44-28)31(43-27)39-20-37-26-29(35-19-36-30(26)39)38-34(22-11-7-5-8-12-22,23-13-9-6-10-14-23)24-15-17-25(41-3)18-16-24;1-15(17-18(32)26(8,35)21(39-17)31-14-30-16-19(27)28-13-29-20(16)31)40-41(36,37-9-11-42-22(33)24(2,3)4)38-10-12-43-23(34)25(5,6)7/h5-21,27-28,31-32,40H,1-4H3,(H,35,36,38);13-15,17-18,21,32,35H,9-12H2,1-8H3,(H2,27,28,29)/t21-,27-,28-,31-,32?,33-;15-,17-,18-,21-,26-/m11/s1. The first-order chi connectivity index (χ1) is 41.7. The molecule has 0 aliphatic carbocycles. The number of hydrogen-bond acceptors (Lipinski definition) is 25. The first kappa shape index (κ1) is 66.4. The van der Waals surface area contributed by atoms with Crippen LogP contribution in [0.4, 0.5) is 11.6 Å². The van der Waals surface area contributed by atoms with Crippen molar-refractivity contribution in [3.05, 3.63) is 127 Å². The molecule has 28 heteroatoms. The molecule has 3 aromatic carbocycles. The van der Waals surface area contributed by atoms with Crippen LogP contribution in [0.1, 0.15) is 98.4 Å². The third kappa shape index (κ3) is 13.7. The van der Waals surface area contributed by atoms with E-state index in [2.05, 4.69) is 61.7 Å². The number of nitrogens with zero attached hydrogens (tertiary/aromatic N) is 8. The molecule has 0 spiro atoms. The van der Waals surface area contributed by atoms with Crippen molar-refractivity contribution in [3.8, 4) is 5.75 Å². The normalized spacial score (nSPS) is 24.6. The van der Waals surface area contributed by atoms with E-state index in [1.807, 2.05) is 55.5 Å². The number of nitrogens with one attached hydrogen (secondary N) is 1. The van der Waals surface area contributed by atoms with Crippen molar-refractivity contribution >= 4 is 75.5 Å². The molecule has 3 aliphatic heterocycles. The maximum Gasteiger partial charge on any atom is 0.475 e. The third-order valence-corrected chi connectivity index (χ3v) is 19.3. The summed E-state index contributed by atoms with van der Waals surface area (Å²) in [5.74, 6) is 1.79. The summed E-state index contributed by atoms with van der Waals surface area (Å²) < 4.78 is 69.3. The van der Waals surface area contributed by atoms with Crippen LogP contribution in [0.15, 0.2) is 110 Å². The molecule has 88 heavy (non-hydrogen) atoms. The van der Waals surface area contributed by atoms with Crippen LogP contribution < -0.4 is 15.8 Å². The minimum absolute atomic E-state index is 0.0620. The Balaban J connectivity index is 0.000000210. The number of imidazole rings is 2. The molecule has 3 fully saturated rings. The van der Waals surface area contributed by atoms with E-state index in [1.54, 1.807) is 66.5 Å². The highest BCUT2D eigenvalue weighted by Gasteiger charge is 2.64. The van der Waals surface area contributed by atoms with Crippen LogP contribution in [0.25, 0.3) is 22.3 Å². The zero-order chi connectivity index (χ0) is 63.6. The number of nitrogen functional groups attached to an aromatic ring is 1. The lowest BCUT2D eigenvalue weighted by molar-refractivity contribution is -0.271. The molecule has 4 aromatic heterocycles. The number of benzene rings is 3. The van der Waals surface area contributed by atoms with Crippen molar-refractivity contribution in [2.45, 2.75) is 142 Å². The Hall–Kier alpha value is -6.01. The van der Waals surface area contributed by atoms with Gasteiger partial charge in [0.15, 0.2) is 51.1 Å². The van der Waals surface area contributed by atoms with Gasteiger partial charge in [0, 0.05) is 29.4 Å². The van der Waals surface area contributed by atoms with Crippen molar-refractivity contribution in [1.29, 1.82) is 0 Å². The van der Waals surface area contributed by atoms with Crippen LogP contribution in [0.2, 0.25) is 0 Å². The van der Waals surface area contributed by atoms with Crippen LogP contribution in [-0.2, 0) is 56.9 Å². The summed E-state index contributed by atoms with van der Waals surface area (Å²) in [6.45, 7) is 16.0. The molecule has 3 aliphatic rings. The molecule has 0 amide bonds. The number of anilines is 2. The van der Waals surface area contributed by atoms with E-state index in [1.165, 1.54) is 44.5 Å². The van der Waals surface area contributed by atoms with Crippen LogP contribution in [0.3, 0.4) is 0 Å². The summed E-state index contributed by atoms with van der Waals surface area (Å²) in [5.41, 5.74) is 5.67. The van der Waals surface area contributed by atoms with Gasteiger partial charge in [0.05, 0.1) is 45.2 Å². The summed E-state index contributed by atoms with van der Waals surface area (Å²) in [4.78, 5) is 51.0. The highest BCUT2D eigenvalue weighted by atomic mass is 32.2. The van der Waals surface area contributed by atoms with Gasteiger partial charge in [0.1, 0.15) is 65.1 Å². The molecule has 10 rings (SSSR count). The zero-order valence-corrected chi connectivity index (χ0v) is 53.6. The largest absolute Gasteiger partial charge is 0.497 e. The van der Waals surface area contributed by atoms with Crippen LogP contribution in [-0.4, -0.2) is 158 Å². The van der Waals surface area contributed by atoms with Crippen molar-refractivity contribution in [2.75, 3.05) is 50.0 Å². The summed E-state index contributed by atoms with van der Waals surface area (Å²) >= 11 is 2.07. The number of methoxy groups -OCH3 is 2. The molecule has 0 bridgehead atoms. The highest BCUT2D eigenvalue weighted by molar-refractivity contribution is 8.14. The summed E-state index contributed by atoms with van der Waals surface area (Å²) in [6.07, 6.45) is -1.98. The number of hydrogen-bond donors (Lipinski definition) is 5. The zero-order valence-electron chi connectivity index (χ0n) is 51.1. The third-order valence-electron chi connectivity index (χ3n) is 15.2. The molecule has 11 atom stereocenters. The molecule has 3 saturated heterocycles. The topological polar surface area (TPSA) is 320 Å². The molecule has 25 nitrogen and oxygen atoms in total. The number of aromatic nitrogens is 8. The molecule has 1 unspecified atom stereocenters. The van der Waals surface area contributed by atoms with Crippen LogP contribution >= 0.6 is 31.3 Å². The summed E-state index contributed by atoms with van der Waals surface area (Å²) in [7, 11) is -1.14. The number of rotatable bonds is 21. The number of aliphatic hydroxyl groups is 3. The molecule has 7 aromatic rings. The first-order valence-corrected chi connectivity index (χ1v) is 31.9. The number of aliphatic hydroxyl groups excluding tert-OH is 2. The minimum atomic E-state index is -4.30. The van der Waals surface area contributed by atoms with Gasteiger partial charge in [0.25, 0.3) is 6.48 Å². The van der Waals surface area contributed by atoms with Crippen LogP contribution in [0, 0.1) is 10.8 Å². The van der Waals surface area contributed by atoms with E-state index >= 15 is 0 Å². The lowest BCUT2D eigenvalue weighted by Gasteiger charge is -2.37. The number of phosphoric acid groups is 1. The fraction of sp³-hybridized carbons (Fsp3) is 0.500. The minimum Gasteiger partial charge on any atom is -0.497 e. The predicted molar refractivity (Wildman–Crippen MR) is 330 cm³/mol. The van der Waals surface area contributed by atoms with Gasteiger partial charge in [-0.05, 0) is 56.5 Å². The van der Waals surface area contributed by atoms with E-state index < -0.39 is 90.9 Å². The maximum absolute atomic E-state index is 13.8. The Kier molecular flexibility index (Phi) is 20.2. The predicted octanol–water partition coefficient (Wildman–Crippen LogP) is 8.20. The SMILES string of the molecule is COc1ccc(C(Nc2ncnc3c2ncn3[C@@H]2O[C@H]([C@@H](C)O)[C@H]3OC(OC)O[C@]32C)(c2ccccc2)c2ccccc2)cc1.C[C@@H](OP(=O)(OCCSC(=O)C(C)(C)C)OCCSC(=O)C(C)(C)C)[C@H]1O[C@@H](n2cnc3c(N)ncnc32)[C@](C)(O)[C@@H]1O. The molecule has 6 N–H and O–H groups in total. The molecule has 474 valence electrons. The monoisotopic (exact) mass is 1270 g/mol. The second-order valence-corrected chi connectivity index (χ2v) is 27.6. The maximum atomic E-state index is 13.8. The van der Waals surface area contributed by atoms with Gasteiger partial charge in [-0.2, -0.15) is 0 Å². The fourth-order valence-corrected chi connectivity index (χ4v) is 13.7. The van der Waals surface area contributed by atoms with E-state index in [4.69, 9.17) is 57.7 Å². The number of thioether (sulfide) groups is 2. The highest BCUT2D eigenvalue weighted by Crippen LogP contribution is 2.54. The lowest BCUT2D eigenvalue weighted by Crippen LogP contribution is -2.46. The number of ether oxygens (including phenoxy) is 6. The van der Waals surface area contributed by atoms with Gasteiger partial charge >= 0.3 is 7.82 Å². The van der Waals surface area contributed by atoms with E-state index in [0.29, 0.717) is 22.5 Å². The van der Waals surface area contributed by atoms with E-state index in [0.717, 1.165) is 46.0 Å². The van der Waals surface area contributed by atoms with Gasteiger partial charge < -0.3 is 54.8 Å². The van der Waals surface area contributed by atoms with Gasteiger partial charge in [-0.1, -0.05) is 138 Å². The van der Waals surface area contributed by atoms with Gasteiger partial charge in [-0.25, -0.2) is 34.5 Å². The Morgan fingerprint density at radius 3 is 1.77 bits per heavy atom. The Morgan fingerprint density at radius 1 is 0.727 bits per heavy atom. The molecule has 0 saturated carbocycles. The summed E-state index contributed by atoms with van der Waals surface area (Å²) in [5, 5.41) is 36.6. The van der Waals surface area contributed by atoms with Crippen LogP contribution in [0.5, 0.6) is 5.75 Å². The molecule has 0 radical (unpaired) electrons. The summed E-state index contributed by atoms with van der Waals surface area (Å²) in [6, 6.07) is 28.4. The van der Waals surface area contributed by atoms with Crippen molar-refractivity contribution < 1.29 is 71.5 Å². The first-order valence-electron chi connectivity index (χ1n) is 28.5. The van der Waals surface area contributed by atoms with E-state index in [9.17, 15) is 29.5 Å². The number of carbonyl (C=O) groups is 2. The Labute approximate surface area is 518 Å². The second kappa shape index (κ2) is 26.8. The lowest BCUT2D eigenvalue weighted by atomic mass is 9.77. The average molecular weight is 1270 g/mol. The molecular weight excluding hydrogens is 1200 g/mol. The van der Waals surface area contributed by atoms with Crippen molar-refractivity contribution in [1.82, 2.24) is 39.0 Å². The number of phosphoric ester groups is 1. The second-order valence-electron chi connectivity index (χ2n) is 23.9. The average Bonchev–Trinajstić information content (AvgIpc) is 1.95. The Morgan fingerprint density at radius 2 is 1.24 bits per heavy atom. The number of nitrogens with two attached hydrogens (primary N) is 1. The van der Waals surface area contributed by atoms with Gasteiger partial charge in [0.2, 0.25) is 0 Å². The van der Waals surface area contributed by atoms with Gasteiger partial charge in [-0.3, -0.25) is 32.3 Å². The smallest absolute Gasteiger partial charge is 0.475 e. The number of carbonyl (C=O) groups excluding carboxylic acids is 2. The fourth-order valence-electron chi connectivity index (χ4n) is 10.5. The number of fused-ring (bicyclic) bond motifs is 3. The Bertz CT molecular complexity index is 3500. The quantitative estimate of drug-likeness (QED) is 0.0257. The van der Waals surface area contributed by atoms with E-state index in [-0.39, 0.29) is 46.4 Å². The van der Waals surface area contributed by atoms with Crippen molar-refractivity contribution in [2.24, 2.45) is 10.8 Å². The van der Waals surface area contributed by atoms with Gasteiger partial charge in [-0.15, -0.1) is 0 Å².